The number of nitrogens with zero attached hydrogens (tertiary/aromatic N) is 1. The summed E-state index contributed by atoms with van der Waals surface area (Å²) in [4.78, 5) is 0. The average molecular weight is 269 g/mol. The van der Waals surface area contributed by atoms with Crippen molar-refractivity contribution in [3.63, 3.8) is 0 Å². The molecular weight excluding hydrogens is 246 g/mol. The molecule has 0 aromatic heterocycles. The number of hydrogen-bond donors (Lipinski definition) is 2. The lowest BCUT2D eigenvalue weighted by molar-refractivity contribution is -0.185. The van der Waals surface area contributed by atoms with Crippen LogP contribution < -0.4 is 0 Å². The third-order valence-corrected chi connectivity index (χ3v) is 4.22. The van der Waals surface area contributed by atoms with E-state index >= 15 is 0 Å². The summed E-state index contributed by atoms with van der Waals surface area (Å²) >= 11 is 0. The number of aliphatic hydroxyl groups is 2. The molecule has 2 rings (SSSR count). The van der Waals surface area contributed by atoms with Crippen molar-refractivity contribution in [1.29, 1.82) is 5.26 Å². The third-order valence-electron chi connectivity index (χ3n) is 4.22. The van der Waals surface area contributed by atoms with Crippen molar-refractivity contribution in [1.82, 2.24) is 0 Å². The number of rotatable bonds is 5. The standard InChI is InChI=1S/C14H23NO4/c1-10(8-15)6-11-2-3-13-14(9-17,19-11)7-12(18-13)4-5-16/h10-13,16-17H,2-7,9H2,1H3/t10-,11?,12?,13?,14?/m1/s1. The van der Waals surface area contributed by atoms with Crippen LogP contribution in [0, 0.1) is 17.2 Å². The SMILES string of the molecule is C[C@@H](C#N)CC1CCC2OC(CCO)CC2(CO)O1. The van der Waals surface area contributed by atoms with Gasteiger partial charge < -0.3 is 19.7 Å². The minimum absolute atomic E-state index is 0.0227. The van der Waals surface area contributed by atoms with Gasteiger partial charge in [0.05, 0.1) is 31.0 Å². The molecule has 4 unspecified atom stereocenters. The Kier molecular flexibility index (Phi) is 4.80. The highest BCUT2D eigenvalue weighted by Crippen LogP contribution is 2.43. The van der Waals surface area contributed by atoms with Crippen molar-refractivity contribution in [2.45, 2.75) is 62.9 Å². The molecule has 0 bridgehead atoms. The molecule has 0 amide bonds. The molecule has 5 nitrogen and oxygen atoms in total. The van der Waals surface area contributed by atoms with E-state index in [1.807, 2.05) is 6.92 Å². The first-order valence-corrected chi connectivity index (χ1v) is 7.08. The van der Waals surface area contributed by atoms with Crippen LogP contribution >= 0.6 is 0 Å². The van der Waals surface area contributed by atoms with Gasteiger partial charge in [-0.25, -0.2) is 0 Å². The molecule has 0 aromatic carbocycles. The van der Waals surface area contributed by atoms with Crippen LogP contribution in [-0.4, -0.2) is 47.3 Å². The van der Waals surface area contributed by atoms with Gasteiger partial charge in [0.15, 0.2) is 0 Å². The minimum Gasteiger partial charge on any atom is -0.396 e. The monoisotopic (exact) mass is 269 g/mol. The van der Waals surface area contributed by atoms with Crippen LogP contribution in [0.25, 0.3) is 0 Å². The fraction of sp³-hybridized carbons (Fsp3) is 0.929. The normalized spacial score (nSPS) is 39.6. The van der Waals surface area contributed by atoms with Gasteiger partial charge in [-0.1, -0.05) is 0 Å². The fourth-order valence-electron chi connectivity index (χ4n) is 3.24. The van der Waals surface area contributed by atoms with Crippen molar-refractivity contribution in [3.05, 3.63) is 0 Å². The largest absolute Gasteiger partial charge is 0.396 e. The molecule has 19 heavy (non-hydrogen) atoms. The minimum atomic E-state index is -0.627. The van der Waals surface area contributed by atoms with E-state index in [9.17, 15) is 5.11 Å². The summed E-state index contributed by atoms with van der Waals surface area (Å²) in [6, 6.07) is 2.22. The predicted molar refractivity (Wildman–Crippen MR) is 68.3 cm³/mol. The Balaban J connectivity index is 2.00. The number of fused-ring (bicyclic) bond motifs is 1. The van der Waals surface area contributed by atoms with Gasteiger partial charge in [0.1, 0.15) is 5.60 Å². The van der Waals surface area contributed by atoms with E-state index in [1.54, 1.807) is 0 Å². The van der Waals surface area contributed by atoms with Crippen LogP contribution in [0.15, 0.2) is 0 Å². The van der Waals surface area contributed by atoms with Crippen LogP contribution in [-0.2, 0) is 9.47 Å². The van der Waals surface area contributed by atoms with E-state index < -0.39 is 5.60 Å². The maximum Gasteiger partial charge on any atom is 0.120 e. The lowest BCUT2D eigenvalue weighted by atomic mass is 9.85. The molecule has 0 radical (unpaired) electrons. The highest BCUT2D eigenvalue weighted by Gasteiger charge is 2.52. The van der Waals surface area contributed by atoms with Crippen LogP contribution in [0.5, 0.6) is 0 Å². The smallest absolute Gasteiger partial charge is 0.120 e. The second-order valence-corrected chi connectivity index (χ2v) is 5.77. The molecule has 2 fully saturated rings. The maximum atomic E-state index is 9.71. The van der Waals surface area contributed by atoms with E-state index in [0.717, 1.165) is 12.8 Å². The molecule has 0 spiro atoms. The van der Waals surface area contributed by atoms with Crippen molar-refractivity contribution in [2.75, 3.05) is 13.2 Å². The Hall–Kier alpha value is -0.670. The van der Waals surface area contributed by atoms with Crippen molar-refractivity contribution >= 4 is 0 Å². The van der Waals surface area contributed by atoms with Gasteiger partial charge in [-0.2, -0.15) is 5.26 Å². The molecule has 2 saturated heterocycles. The summed E-state index contributed by atoms with van der Waals surface area (Å²) in [5.41, 5.74) is -0.627. The molecule has 2 N–H and O–H groups in total. The van der Waals surface area contributed by atoms with Gasteiger partial charge in [-0.05, 0) is 32.6 Å². The zero-order chi connectivity index (χ0) is 13.9. The second kappa shape index (κ2) is 6.19. The molecule has 2 aliphatic heterocycles. The Labute approximate surface area is 114 Å². The van der Waals surface area contributed by atoms with Gasteiger partial charge in [-0.15, -0.1) is 0 Å². The molecule has 108 valence electrons. The van der Waals surface area contributed by atoms with Gasteiger partial charge in [-0.3, -0.25) is 0 Å². The zero-order valence-corrected chi connectivity index (χ0v) is 11.4. The summed E-state index contributed by atoms with van der Waals surface area (Å²) in [7, 11) is 0. The summed E-state index contributed by atoms with van der Waals surface area (Å²) in [5.74, 6) is -0.0344. The molecule has 2 heterocycles. The molecule has 5 heteroatoms. The van der Waals surface area contributed by atoms with Crippen LogP contribution in [0.4, 0.5) is 0 Å². The van der Waals surface area contributed by atoms with E-state index in [-0.39, 0.29) is 37.4 Å². The van der Waals surface area contributed by atoms with Crippen molar-refractivity contribution in [2.24, 2.45) is 5.92 Å². The lowest BCUT2D eigenvalue weighted by Crippen LogP contribution is -2.51. The highest BCUT2D eigenvalue weighted by atomic mass is 16.6. The van der Waals surface area contributed by atoms with Crippen LogP contribution in [0.1, 0.15) is 39.0 Å². The average Bonchev–Trinajstić information content (AvgIpc) is 2.77. The fourth-order valence-corrected chi connectivity index (χ4v) is 3.24. The van der Waals surface area contributed by atoms with Crippen molar-refractivity contribution < 1.29 is 19.7 Å². The van der Waals surface area contributed by atoms with Crippen molar-refractivity contribution in [3.8, 4) is 6.07 Å². The molecule has 5 atom stereocenters. The van der Waals surface area contributed by atoms with E-state index in [1.165, 1.54) is 0 Å². The van der Waals surface area contributed by atoms with E-state index in [0.29, 0.717) is 19.3 Å². The zero-order valence-electron chi connectivity index (χ0n) is 11.4. The molecule has 0 aromatic rings. The summed E-state index contributed by atoms with van der Waals surface area (Å²) in [6.07, 6.45) is 3.55. The van der Waals surface area contributed by atoms with E-state index in [2.05, 4.69) is 6.07 Å². The Bertz CT molecular complexity index is 343. The third kappa shape index (κ3) is 3.09. The molecule has 0 aliphatic carbocycles. The van der Waals surface area contributed by atoms with Gasteiger partial charge in [0.2, 0.25) is 0 Å². The number of aliphatic hydroxyl groups excluding tert-OH is 2. The summed E-state index contributed by atoms with van der Waals surface area (Å²) < 4.78 is 12.0. The molecule has 2 aliphatic rings. The Morgan fingerprint density at radius 2 is 2.16 bits per heavy atom. The van der Waals surface area contributed by atoms with E-state index in [4.69, 9.17) is 19.8 Å². The first-order valence-electron chi connectivity index (χ1n) is 7.08. The van der Waals surface area contributed by atoms with Gasteiger partial charge in [0, 0.05) is 18.9 Å². The molecule has 0 saturated carbocycles. The van der Waals surface area contributed by atoms with Crippen LogP contribution in [0.3, 0.4) is 0 Å². The Morgan fingerprint density at radius 1 is 1.37 bits per heavy atom. The maximum absolute atomic E-state index is 9.71. The lowest BCUT2D eigenvalue weighted by Gasteiger charge is -2.41. The second-order valence-electron chi connectivity index (χ2n) is 5.77. The molecular formula is C14H23NO4. The Morgan fingerprint density at radius 3 is 2.79 bits per heavy atom. The number of ether oxygens (including phenoxy) is 2. The summed E-state index contributed by atoms with van der Waals surface area (Å²) in [5, 5.41) is 27.6. The first kappa shape index (κ1) is 14.7. The number of nitriles is 1. The topological polar surface area (TPSA) is 82.7 Å². The van der Waals surface area contributed by atoms with Crippen LogP contribution in [0.2, 0.25) is 0 Å². The first-order chi connectivity index (χ1) is 9.13. The predicted octanol–water partition coefficient (Wildman–Crippen LogP) is 0.986. The summed E-state index contributed by atoms with van der Waals surface area (Å²) in [6.45, 7) is 1.92. The van der Waals surface area contributed by atoms with Gasteiger partial charge >= 0.3 is 0 Å². The quantitative estimate of drug-likeness (QED) is 0.777. The highest BCUT2D eigenvalue weighted by molar-refractivity contribution is 5.01. The van der Waals surface area contributed by atoms with Gasteiger partial charge in [0.25, 0.3) is 0 Å². The number of hydrogen-bond acceptors (Lipinski definition) is 5.